The van der Waals surface area contributed by atoms with Crippen molar-refractivity contribution in [2.45, 2.75) is 12.8 Å². The Labute approximate surface area is 121 Å². The number of fused-ring (bicyclic) bond motifs is 3. The molecule has 4 heteroatoms. The van der Waals surface area contributed by atoms with Gasteiger partial charge in [0, 0.05) is 26.6 Å². The van der Waals surface area contributed by atoms with Crippen molar-refractivity contribution in [1.82, 2.24) is 0 Å². The van der Waals surface area contributed by atoms with Crippen molar-refractivity contribution in [3.63, 3.8) is 0 Å². The number of anilines is 1. The monoisotopic (exact) mass is 277 g/mol. The summed E-state index contributed by atoms with van der Waals surface area (Å²) in [6.45, 7) is 3.15. The van der Waals surface area contributed by atoms with Crippen LogP contribution < -0.4 is 10.6 Å². The molecule has 2 aromatic carbocycles. The van der Waals surface area contributed by atoms with Crippen LogP contribution in [0.2, 0.25) is 0 Å². The lowest BCUT2D eigenvalue weighted by atomic mass is 9.96. The van der Waals surface area contributed by atoms with Crippen molar-refractivity contribution in [2.75, 3.05) is 18.5 Å². The predicted molar refractivity (Wildman–Crippen MR) is 86.6 cm³/mol. The van der Waals surface area contributed by atoms with Crippen molar-refractivity contribution in [3.8, 4) is 0 Å². The largest absolute Gasteiger partial charge is 0.370 e. The fourth-order valence-electron chi connectivity index (χ4n) is 2.84. The lowest BCUT2D eigenvalue weighted by Gasteiger charge is -2.18. The van der Waals surface area contributed by atoms with Crippen LogP contribution in [-0.4, -0.2) is 19.6 Å². The van der Waals surface area contributed by atoms with Crippen molar-refractivity contribution < 1.29 is 1.43 Å². The van der Waals surface area contributed by atoms with E-state index in [1.165, 1.54) is 22.0 Å². The van der Waals surface area contributed by atoms with Crippen LogP contribution in [-0.2, 0) is 0 Å². The van der Waals surface area contributed by atoms with Crippen molar-refractivity contribution in [1.29, 1.82) is 0 Å². The number of nitrogens with zero attached hydrogens (tertiary/aromatic N) is 2. The number of benzene rings is 2. The average Bonchev–Trinajstić information content (AvgIpc) is 2.76. The van der Waals surface area contributed by atoms with Gasteiger partial charge in [-0.15, -0.1) is 12.4 Å². The molecular weight excluding hydrogens is 258 g/mol. The molecule has 1 aliphatic heterocycles. The molecule has 1 atom stereocenters. The van der Waals surface area contributed by atoms with E-state index in [1.54, 1.807) is 7.05 Å². The first-order valence-corrected chi connectivity index (χ1v) is 6.24. The maximum absolute atomic E-state index is 5.98. The number of nitrogens with two attached hydrogens (primary N) is 1. The van der Waals surface area contributed by atoms with Gasteiger partial charge in [-0.05, 0) is 22.4 Å². The summed E-state index contributed by atoms with van der Waals surface area (Å²) < 4.78 is 0. The fraction of sp³-hybridized carbons (Fsp3) is 0.267. The number of aliphatic imine (C=N–C) groups is 1. The molecule has 1 heterocycles. The second-order valence-electron chi connectivity index (χ2n) is 4.81. The van der Waals surface area contributed by atoms with Crippen LogP contribution >= 0.6 is 12.4 Å². The molecule has 0 amide bonds. The molecule has 0 aliphatic carbocycles. The van der Waals surface area contributed by atoms with E-state index in [0.717, 1.165) is 6.54 Å². The van der Waals surface area contributed by atoms with Gasteiger partial charge in [0.05, 0.1) is 0 Å². The van der Waals surface area contributed by atoms with E-state index in [-0.39, 0.29) is 13.8 Å². The highest BCUT2D eigenvalue weighted by atomic mass is 35.5. The maximum atomic E-state index is 5.98. The third-order valence-corrected chi connectivity index (χ3v) is 3.69. The zero-order chi connectivity index (χ0) is 12.7. The lowest BCUT2D eigenvalue weighted by Crippen LogP contribution is -2.36. The molecule has 102 valence electrons. The third-order valence-electron chi connectivity index (χ3n) is 3.69. The molecule has 3 rings (SSSR count). The first-order valence-electron chi connectivity index (χ1n) is 6.24. The molecule has 0 saturated heterocycles. The quantitative estimate of drug-likeness (QED) is 0.592. The van der Waals surface area contributed by atoms with E-state index >= 15 is 0 Å². The summed E-state index contributed by atoms with van der Waals surface area (Å²) >= 11 is 0. The van der Waals surface area contributed by atoms with Crippen LogP contribution in [0.15, 0.2) is 41.4 Å². The van der Waals surface area contributed by atoms with Gasteiger partial charge in [0.1, 0.15) is 0 Å². The van der Waals surface area contributed by atoms with Gasteiger partial charge < -0.3 is 10.6 Å². The highest BCUT2D eigenvalue weighted by Gasteiger charge is 2.28. The lowest BCUT2D eigenvalue weighted by molar-refractivity contribution is 0.823. The molecule has 0 aromatic heterocycles. The minimum absolute atomic E-state index is 0. The first-order chi connectivity index (χ1) is 8.72. The minimum atomic E-state index is 0. The molecule has 2 aromatic rings. The van der Waals surface area contributed by atoms with E-state index in [2.05, 4.69) is 53.2 Å². The topological polar surface area (TPSA) is 41.6 Å². The Hall–Kier alpha value is -1.74. The summed E-state index contributed by atoms with van der Waals surface area (Å²) in [5, 5.41) is 2.62. The SMILES string of the molecule is CN=C(N)N1CC(C)c2c1ccc1ccccc21.Cl.[HH]. The van der Waals surface area contributed by atoms with E-state index in [1.807, 2.05) is 0 Å². The Kier molecular flexibility index (Phi) is 3.67. The van der Waals surface area contributed by atoms with Crippen LogP contribution in [0, 0.1) is 0 Å². The van der Waals surface area contributed by atoms with Gasteiger partial charge in [-0.25, -0.2) is 0 Å². The standard InChI is InChI=1S/C15H17N3.ClH.H2/c1-10-9-18(15(16)17-2)13-8-7-11-5-3-4-6-12(11)14(10)13;;/h3-8,10H,9H2,1-2H3,(H2,16,17);2*1H. The zero-order valence-corrected chi connectivity index (χ0v) is 11.9. The first kappa shape index (κ1) is 13.7. The number of guanidine groups is 1. The van der Waals surface area contributed by atoms with Gasteiger partial charge in [-0.2, -0.15) is 0 Å². The van der Waals surface area contributed by atoms with Gasteiger partial charge >= 0.3 is 0 Å². The second kappa shape index (κ2) is 5.10. The van der Waals surface area contributed by atoms with Crippen LogP contribution in [0.25, 0.3) is 10.8 Å². The molecule has 0 spiro atoms. The van der Waals surface area contributed by atoms with Crippen molar-refractivity contribution >= 4 is 34.8 Å². The summed E-state index contributed by atoms with van der Waals surface area (Å²) in [5.74, 6) is 1.07. The minimum Gasteiger partial charge on any atom is -0.370 e. The number of halogens is 1. The number of hydrogen-bond donors (Lipinski definition) is 1. The number of hydrogen-bond acceptors (Lipinski definition) is 1. The van der Waals surface area contributed by atoms with Gasteiger partial charge in [0.2, 0.25) is 0 Å². The molecule has 0 fully saturated rings. The number of rotatable bonds is 0. The summed E-state index contributed by atoms with van der Waals surface area (Å²) in [7, 11) is 1.74. The van der Waals surface area contributed by atoms with Crippen LogP contribution in [0.4, 0.5) is 5.69 Å². The van der Waals surface area contributed by atoms with Crippen molar-refractivity contribution in [3.05, 3.63) is 42.0 Å². The van der Waals surface area contributed by atoms with Gasteiger partial charge in [0.15, 0.2) is 5.96 Å². The fourth-order valence-corrected chi connectivity index (χ4v) is 2.84. The molecule has 3 nitrogen and oxygen atoms in total. The van der Waals surface area contributed by atoms with Gasteiger partial charge in [-0.1, -0.05) is 37.3 Å². The Morgan fingerprint density at radius 3 is 2.79 bits per heavy atom. The highest BCUT2D eigenvalue weighted by Crippen LogP contribution is 2.40. The summed E-state index contributed by atoms with van der Waals surface area (Å²) in [6, 6.07) is 12.8. The summed E-state index contributed by atoms with van der Waals surface area (Å²) in [4.78, 5) is 6.21. The predicted octanol–water partition coefficient (Wildman–Crippen LogP) is 3.38. The molecule has 1 unspecified atom stereocenters. The molecular formula is C15H20ClN3. The van der Waals surface area contributed by atoms with Crippen LogP contribution in [0.5, 0.6) is 0 Å². The molecule has 0 bridgehead atoms. The maximum Gasteiger partial charge on any atom is 0.195 e. The molecule has 1 aliphatic rings. The highest BCUT2D eigenvalue weighted by molar-refractivity contribution is 6.02. The third kappa shape index (κ3) is 2.04. The van der Waals surface area contributed by atoms with E-state index in [4.69, 9.17) is 5.73 Å². The zero-order valence-electron chi connectivity index (χ0n) is 11.1. The van der Waals surface area contributed by atoms with E-state index in [9.17, 15) is 0 Å². The smallest absolute Gasteiger partial charge is 0.195 e. The Balaban J connectivity index is 0.000001000. The Bertz CT molecular complexity index is 642. The molecule has 2 N–H and O–H groups in total. The summed E-state index contributed by atoms with van der Waals surface area (Å²) in [5.41, 5.74) is 8.56. The van der Waals surface area contributed by atoms with Crippen LogP contribution in [0.3, 0.4) is 0 Å². The van der Waals surface area contributed by atoms with E-state index < -0.39 is 0 Å². The van der Waals surface area contributed by atoms with Gasteiger partial charge in [0.25, 0.3) is 0 Å². The Morgan fingerprint density at radius 2 is 2.05 bits per heavy atom. The normalized spacial score (nSPS) is 18.3. The molecule has 19 heavy (non-hydrogen) atoms. The molecule has 0 radical (unpaired) electrons. The Morgan fingerprint density at radius 1 is 1.32 bits per heavy atom. The van der Waals surface area contributed by atoms with Crippen LogP contribution in [0.1, 0.15) is 19.8 Å². The molecule has 0 saturated carbocycles. The average molecular weight is 278 g/mol. The van der Waals surface area contributed by atoms with Crippen molar-refractivity contribution in [2.24, 2.45) is 10.7 Å². The second-order valence-corrected chi connectivity index (χ2v) is 4.81. The summed E-state index contributed by atoms with van der Waals surface area (Å²) in [6.07, 6.45) is 0. The van der Waals surface area contributed by atoms with E-state index in [0.29, 0.717) is 11.9 Å². The van der Waals surface area contributed by atoms with Gasteiger partial charge in [-0.3, -0.25) is 4.99 Å².